The molecule has 0 aromatic carbocycles. The average molecular weight is 157 g/mol. The predicted molar refractivity (Wildman–Crippen MR) is 39.5 cm³/mol. The number of hydrogen-bond donors (Lipinski definition) is 1. The van der Waals surface area contributed by atoms with Crippen LogP contribution in [0.25, 0.3) is 0 Å². The molecule has 1 aromatic heterocycles. The van der Waals surface area contributed by atoms with Gasteiger partial charge in [-0.05, 0) is 6.92 Å². The third kappa shape index (κ3) is 2.23. The van der Waals surface area contributed by atoms with E-state index in [0.717, 1.165) is 0 Å². The summed E-state index contributed by atoms with van der Waals surface area (Å²) in [5, 5.41) is 0. The smallest absolute Gasteiger partial charge is 0.253 e. The number of hydrogen-bond acceptors (Lipinski definition) is 2. The zero-order chi connectivity index (χ0) is 7.40. The van der Waals surface area contributed by atoms with Crippen LogP contribution in [0.5, 0.6) is 0 Å². The lowest BCUT2D eigenvalue weighted by Crippen LogP contribution is -2.22. The second kappa shape index (κ2) is 3.41. The van der Waals surface area contributed by atoms with Crippen molar-refractivity contribution in [2.75, 3.05) is 5.75 Å². The fraction of sp³-hybridized carbons (Fsp3) is 0.333. The molecule has 1 aromatic rings. The number of imidazole rings is 1. The van der Waals surface area contributed by atoms with E-state index in [9.17, 15) is 4.79 Å². The Morgan fingerprint density at radius 3 is 3.10 bits per heavy atom. The van der Waals surface area contributed by atoms with Gasteiger partial charge in [-0.1, -0.05) is 0 Å². The third-order valence-corrected chi connectivity index (χ3v) is 2.00. The number of carbonyl (C=O) groups is 1. The molecule has 3 nitrogen and oxygen atoms in total. The Balaban J connectivity index is 2.35. The molecule has 0 saturated heterocycles. The molecule has 0 bridgehead atoms. The van der Waals surface area contributed by atoms with Gasteiger partial charge in [0.05, 0.1) is 17.7 Å². The van der Waals surface area contributed by atoms with Crippen LogP contribution in [0.15, 0.2) is 18.7 Å². The quantitative estimate of drug-likeness (QED) is 0.644. The maximum Gasteiger partial charge on any atom is 0.253 e. The van der Waals surface area contributed by atoms with Crippen LogP contribution < -0.4 is 3.97 Å². The standard InChI is InChI=1S/C6H8N2OS/c1-6(9)4-10-8-3-2-7-5-8/h2-3,5H,4H2,1H3/p+1. The lowest BCUT2D eigenvalue weighted by atomic mass is 10.5. The minimum Gasteiger partial charge on any atom is -0.299 e. The molecule has 1 heterocycles. The van der Waals surface area contributed by atoms with Crippen molar-refractivity contribution in [2.24, 2.45) is 0 Å². The van der Waals surface area contributed by atoms with Crippen molar-refractivity contribution in [3.05, 3.63) is 18.7 Å². The Morgan fingerprint density at radius 2 is 2.60 bits per heavy atom. The predicted octanol–water partition coefficient (Wildman–Crippen LogP) is 0.388. The molecule has 0 fully saturated rings. The van der Waals surface area contributed by atoms with E-state index in [-0.39, 0.29) is 5.78 Å². The average Bonchev–Trinajstić information content (AvgIpc) is 2.34. The highest BCUT2D eigenvalue weighted by Crippen LogP contribution is 1.91. The van der Waals surface area contributed by atoms with Crippen LogP contribution in [0.3, 0.4) is 0 Å². The van der Waals surface area contributed by atoms with E-state index in [0.29, 0.717) is 5.75 Å². The number of nitrogens with zero attached hydrogens (tertiary/aromatic N) is 1. The molecule has 0 atom stereocenters. The number of nitrogens with one attached hydrogen (secondary N) is 1. The van der Waals surface area contributed by atoms with Crippen LogP contribution in [0.1, 0.15) is 6.92 Å². The highest BCUT2D eigenvalue weighted by atomic mass is 32.2. The number of aromatic amines is 1. The van der Waals surface area contributed by atoms with E-state index in [1.807, 2.05) is 16.4 Å². The Bertz CT molecular complexity index is 208. The zero-order valence-corrected chi connectivity index (χ0v) is 6.52. The van der Waals surface area contributed by atoms with Gasteiger partial charge in [0, 0.05) is 0 Å². The Morgan fingerprint density at radius 1 is 1.80 bits per heavy atom. The Labute approximate surface area is 63.6 Å². The van der Waals surface area contributed by atoms with E-state index >= 15 is 0 Å². The topological polar surface area (TPSA) is 36.7 Å². The summed E-state index contributed by atoms with van der Waals surface area (Å²) < 4.78 is 1.86. The minimum absolute atomic E-state index is 0.193. The summed E-state index contributed by atoms with van der Waals surface area (Å²) in [4.78, 5) is 13.4. The maximum absolute atomic E-state index is 10.5. The number of rotatable bonds is 3. The largest absolute Gasteiger partial charge is 0.299 e. The molecular weight excluding hydrogens is 148 g/mol. The SMILES string of the molecule is CC(=O)CS[n+]1cc[nH]c1. The van der Waals surface area contributed by atoms with Gasteiger partial charge in [-0.15, -0.1) is 0 Å². The summed E-state index contributed by atoms with van der Waals surface area (Å²) in [6.45, 7) is 1.58. The van der Waals surface area contributed by atoms with Gasteiger partial charge < -0.3 is 0 Å². The minimum atomic E-state index is 0.193. The maximum atomic E-state index is 10.5. The first-order valence-electron chi connectivity index (χ1n) is 2.96. The molecule has 54 valence electrons. The highest BCUT2D eigenvalue weighted by molar-refractivity contribution is 7.93. The van der Waals surface area contributed by atoms with Crippen LogP contribution in [0, 0.1) is 0 Å². The van der Waals surface area contributed by atoms with Gasteiger partial charge in [0.2, 0.25) is 0 Å². The van der Waals surface area contributed by atoms with Crippen molar-refractivity contribution in [1.29, 1.82) is 0 Å². The normalized spacial score (nSPS) is 9.70. The van der Waals surface area contributed by atoms with Crippen molar-refractivity contribution in [3.8, 4) is 0 Å². The van der Waals surface area contributed by atoms with E-state index in [4.69, 9.17) is 0 Å². The first kappa shape index (κ1) is 7.34. The monoisotopic (exact) mass is 157 g/mol. The van der Waals surface area contributed by atoms with Crippen LogP contribution in [-0.4, -0.2) is 16.5 Å². The second-order valence-electron chi connectivity index (χ2n) is 1.95. The molecule has 0 aliphatic rings. The Kier molecular flexibility index (Phi) is 2.50. The lowest BCUT2D eigenvalue weighted by molar-refractivity contribution is -0.492. The van der Waals surface area contributed by atoms with Crippen LogP contribution in [0.4, 0.5) is 0 Å². The van der Waals surface area contributed by atoms with E-state index in [1.165, 1.54) is 11.9 Å². The van der Waals surface area contributed by atoms with Crippen LogP contribution in [0.2, 0.25) is 0 Å². The highest BCUT2D eigenvalue weighted by Gasteiger charge is 1.99. The van der Waals surface area contributed by atoms with Crippen molar-refractivity contribution in [1.82, 2.24) is 4.98 Å². The van der Waals surface area contributed by atoms with Gasteiger partial charge in [0.15, 0.2) is 0 Å². The summed E-state index contributed by atoms with van der Waals surface area (Å²) in [5.74, 6) is 0.724. The van der Waals surface area contributed by atoms with Gasteiger partial charge >= 0.3 is 0 Å². The van der Waals surface area contributed by atoms with Crippen molar-refractivity contribution < 1.29 is 8.77 Å². The second-order valence-corrected chi connectivity index (χ2v) is 2.92. The van der Waals surface area contributed by atoms with E-state index in [2.05, 4.69) is 4.98 Å². The molecule has 1 rings (SSSR count). The van der Waals surface area contributed by atoms with Gasteiger partial charge in [-0.2, -0.15) is 3.97 Å². The molecule has 0 aliphatic carbocycles. The summed E-state index contributed by atoms with van der Waals surface area (Å²) in [6, 6.07) is 0. The number of aromatic nitrogens is 2. The summed E-state index contributed by atoms with van der Waals surface area (Å²) >= 11 is 1.47. The van der Waals surface area contributed by atoms with Gasteiger partial charge in [-0.3, -0.25) is 4.79 Å². The third-order valence-electron chi connectivity index (χ3n) is 0.936. The fourth-order valence-electron chi connectivity index (χ4n) is 0.522. The number of ketones is 1. The molecule has 0 unspecified atom stereocenters. The van der Waals surface area contributed by atoms with E-state index < -0.39 is 0 Å². The summed E-state index contributed by atoms with van der Waals surface area (Å²) in [5.41, 5.74) is 0. The summed E-state index contributed by atoms with van der Waals surface area (Å²) in [7, 11) is 0. The molecule has 0 radical (unpaired) electrons. The first-order valence-corrected chi connectivity index (χ1v) is 3.90. The fourth-order valence-corrected chi connectivity index (χ4v) is 1.13. The Hall–Kier alpha value is -0.770. The molecule has 10 heavy (non-hydrogen) atoms. The molecule has 4 heteroatoms. The molecule has 0 spiro atoms. The number of Topliss-reactive ketones (excluding diaryl/α,β-unsaturated/α-hetero) is 1. The molecule has 1 N–H and O–H groups in total. The lowest BCUT2D eigenvalue weighted by Gasteiger charge is -1.87. The summed E-state index contributed by atoms with van der Waals surface area (Å²) in [6.07, 6.45) is 5.48. The molecule has 0 amide bonds. The van der Waals surface area contributed by atoms with Crippen molar-refractivity contribution in [2.45, 2.75) is 6.92 Å². The van der Waals surface area contributed by atoms with Crippen LogP contribution >= 0.6 is 11.9 Å². The van der Waals surface area contributed by atoms with Crippen LogP contribution in [-0.2, 0) is 4.79 Å². The number of H-pyrrole nitrogens is 1. The van der Waals surface area contributed by atoms with Gasteiger partial charge in [-0.25, -0.2) is 4.98 Å². The number of carbonyl (C=O) groups excluding carboxylic acids is 1. The molecule has 0 aliphatic heterocycles. The zero-order valence-electron chi connectivity index (χ0n) is 5.70. The molecular formula is C6H9N2OS+. The van der Waals surface area contributed by atoms with Crippen molar-refractivity contribution in [3.63, 3.8) is 0 Å². The first-order chi connectivity index (χ1) is 4.79. The van der Waals surface area contributed by atoms with Gasteiger partial charge in [0.1, 0.15) is 18.2 Å². The van der Waals surface area contributed by atoms with E-state index in [1.54, 1.807) is 13.3 Å². The molecule has 0 saturated carbocycles. The van der Waals surface area contributed by atoms with Gasteiger partial charge in [0.25, 0.3) is 6.33 Å². The van der Waals surface area contributed by atoms with Crippen molar-refractivity contribution >= 4 is 17.7 Å².